The minimum atomic E-state index is -0.180. The fourth-order valence-electron chi connectivity index (χ4n) is 0.829. The van der Waals surface area contributed by atoms with Crippen LogP contribution in [0.4, 0.5) is 4.39 Å². The molecule has 0 amide bonds. The second-order valence-corrected chi connectivity index (χ2v) is 8.69. The molecule has 0 aliphatic heterocycles. The number of aliphatic hydroxyl groups is 1. The molecule has 0 spiro atoms. The molecule has 0 fully saturated rings. The van der Waals surface area contributed by atoms with Gasteiger partial charge in [0.2, 0.25) is 0 Å². The van der Waals surface area contributed by atoms with Crippen molar-refractivity contribution in [2.45, 2.75) is 5.75 Å². The molecular formula is C9H11FOS4. The Bertz CT molecular complexity index is 285. The molecule has 0 atom stereocenters. The van der Waals surface area contributed by atoms with Gasteiger partial charge in [0.1, 0.15) is 5.82 Å². The molecule has 1 N–H and O–H groups in total. The van der Waals surface area contributed by atoms with Crippen LogP contribution in [0.5, 0.6) is 0 Å². The lowest BCUT2D eigenvalue weighted by Crippen LogP contribution is -1.81. The van der Waals surface area contributed by atoms with E-state index in [4.69, 9.17) is 5.11 Å². The van der Waals surface area contributed by atoms with E-state index in [0.717, 1.165) is 17.1 Å². The zero-order chi connectivity index (χ0) is 10.9. The molecule has 1 rings (SSSR count). The molecule has 0 saturated heterocycles. The lowest BCUT2D eigenvalue weighted by molar-refractivity contribution is 0.323. The van der Waals surface area contributed by atoms with Crippen molar-refractivity contribution in [1.29, 1.82) is 0 Å². The SMILES string of the molecule is OCCSSSSCc1cccc(F)c1. The molecule has 0 heterocycles. The van der Waals surface area contributed by atoms with Gasteiger partial charge in [0.25, 0.3) is 0 Å². The highest BCUT2D eigenvalue weighted by Crippen LogP contribution is 2.43. The quantitative estimate of drug-likeness (QED) is 0.601. The Kier molecular flexibility index (Phi) is 7.82. The predicted octanol–water partition coefficient (Wildman–Crippen LogP) is 4.00. The van der Waals surface area contributed by atoms with Crippen LogP contribution in [-0.4, -0.2) is 17.5 Å². The molecule has 1 nitrogen and oxygen atoms in total. The van der Waals surface area contributed by atoms with E-state index in [9.17, 15) is 4.39 Å². The molecule has 0 saturated carbocycles. The van der Waals surface area contributed by atoms with E-state index in [1.807, 2.05) is 6.07 Å². The van der Waals surface area contributed by atoms with Crippen molar-refractivity contribution in [1.82, 2.24) is 0 Å². The molecule has 0 aliphatic carbocycles. The van der Waals surface area contributed by atoms with Gasteiger partial charge in [-0.3, -0.25) is 0 Å². The van der Waals surface area contributed by atoms with Crippen molar-refractivity contribution >= 4 is 41.2 Å². The van der Waals surface area contributed by atoms with Crippen molar-refractivity contribution in [2.24, 2.45) is 0 Å². The summed E-state index contributed by atoms with van der Waals surface area (Å²) in [5.74, 6) is 1.37. The Labute approximate surface area is 104 Å². The topological polar surface area (TPSA) is 20.2 Å². The summed E-state index contributed by atoms with van der Waals surface area (Å²) < 4.78 is 12.8. The van der Waals surface area contributed by atoms with Crippen LogP contribution in [0, 0.1) is 5.82 Å². The number of rotatable bonds is 7. The maximum Gasteiger partial charge on any atom is 0.123 e. The Morgan fingerprint density at radius 3 is 2.73 bits per heavy atom. The average Bonchev–Trinajstić information content (AvgIpc) is 2.23. The van der Waals surface area contributed by atoms with Crippen molar-refractivity contribution in [3.63, 3.8) is 0 Å². The monoisotopic (exact) mass is 282 g/mol. The van der Waals surface area contributed by atoms with Crippen LogP contribution < -0.4 is 0 Å². The largest absolute Gasteiger partial charge is 0.395 e. The van der Waals surface area contributed by atoms with Gasteiger partial charge < -0.3 is 5.11 Å². The van der Waals surface area contributed by atoms with Crippen molar-refractivity contribution < 1.29 is 9.50 Å². The first-order valence-electron chi connectivity index (χ1n) is 4.26. The van der Waals surface area contributed by atoms with E-state index in [2.05, 4.69) is 0 Å². The molecule has 0 aliphatic rings. The Morgan fingerprint density at radius 1 is 1.20 bits per heavy atom. The van der Waals surface area contributed by atoms with Gasteiger partial charge in [-0.25, -0.2) is 4.39 Å². The van der Waals surface area contributed by atoms with Crippen molar-refractivity contribution in [3.05, 3.63) is 35.6 Å². The van der Waals surface area contributed by atoms with Gasteiger partial charge >= 0.3 is 0 Å². The van der Waals surface area contributed by atoms with Crippen LogP contribution in [0.3, 0.4) is 0 Å². The fraction of sp³-hybridized carbons (Fsp3) is 0.333. The second kappa shape index (κ2) is 8.64. The Morgan fingerprint density at radius 2 is 2.00 bits per heavy atom. The first-order chi connectivity index (χ1) is 7.33. The molecule has 15 heavy (non-hydrogen) atoms. The third kappa shape index (κ3) is 6.63. The van der Waals surface area contributed by atoms with Gasteiger partial charge in [-0.15, -0.1) is 0 Å². The summed E-state index contributed by atoms with van der Waals surface area (Å²) in [7, 11) is 6.60. The zero-order valence-electron chi connectivity index (χ0n) is 7.89. The normalized spacial score (nSPS) is 10.5. The Balaban J connectivity index is 2.10. The number of aliphatic hydroxyl groups excluding tert-OH is 1. The number of hydrogen-bond acceptors (Lipinski definition) is 5. The summed E-state index contributed by atoms with van der Waals surface area (Å²) in [6.45, 7) is 0.215. The molecule has 0 radical (unpaired) electrons. The van der Waals surface area contributed by atoms with Crippen LogP contribution in [-0.2, 0) is 5.75 Å². The van der Waals surface area contributed by atoms with E-state index in [1.165, 1.54) is 6.07 Å². The van der Waals surface area contributed by atoms with E-state index in [0.29, 0.717) is 0 Å². The van der Waals surface area contributed by atoms with Gasteiger partial charge in [0.05, 0.1) is 6.61 Å². The van der Waals surface area contributed by atoms with Crippen LogP contribution in [0.1, 0.15) is 5.56 Å². The number of hydrogen-bond donors (Lipinski definition) is 1. The van der Waals surface area contributed by atoms with Gasteiger partial charge in [0.15, 0.2) is 0 Å². The number of halogens is 1. The fourth-order valence-corrected chi connectivity index (χ4v) is 6.50. The van der Waals surface area contributed by atoms with E-state index >= 15 is 0 Å². The van der Waals surface area contributed by atoms with Gasteiger partial charge in [-0.05, 0) is 37.3 Å². The molecule has 84 valence electrons. The molecule has 0 aromatic heterocycles. The summed E-state index contributed by atoms with van der Waals surface area (Å²) in [5.41, 5.74) is 1.00. The number of benzene rings is 1. The first-order valence-corrected chi connectivity index (χ1v) is 9.41. The minimum absolute atomic E-state index is 0.180. The summed E-state index contributed by atoms with van der Waals surface area (Å²) in [5, 5.41) is 8.54. The highest BCUT2D eigenvalue weighted by molar-refractivity contribution is 9.26. The van der Waals surface area contributed by atoms with Crippen LogP contribution >= 0.6 is 41.2 Å². The maximum absolute atomic E-state index is 12.8. The third-order valence-electron chi connectivity index (χ3n) is 1.41. The highest BCUT2D eigenvalue weighted by Gasteiger charge is 1.97. The molecule has 6 heteroatoms. The van der Waals surface area contributed by atoms with Crippen LogP contribution in [0.25, 0.3) is 0 Å². The zero-order valence-corrected chi connectivity index (χ0v) is 11.2. The first kappa shape index (κ1) is 13.6. The summed E-state index contributed by atoms with van der Waals surface area (Å²) >= 11 is 0. The summed E-state index contributed by atoms with van der Waals surface area (Å²) in [6, 6.07) is 6.65. The van der Waals surface area contributed by atoms with Crippen LogP contribution in [0.2, 0.25) is 0 Å². The van der Waals surface area contributed by atoms with E-state index in [1.54, 1.807) is 53.4 Å². The van der Waals surface area contributed by atoms with Gasteiger partial charge in [-0.2, -0.15) is 0 Å². The van der Waals surface area contributed by atoms with E-state index in [-0.39, 0.29) is 12.4 Å². The molecular weight excluding hydrogens is 271 g/mol. The predicted molar refractivity (Wildman–Crippen MR) is 72.4 cm³/mol. The summed E-state index contributed by atoms with van der Waals surface area (Å²) in [4.78, 5) is 0. The lowest BCUT2D eigenvalue weighted by atomic mass is 10.2. The van der Waals surface area contributed by atoms with Gasteiger partial charge in [0, 0.05) is 11.5 Å². The standard InChI is InChI=1S/C9H11FOS4/c10-9-3-1-2-8(6-9)7-13-15-14-12-5-4-11/h1-3,6,11H,4-5,7H2. The van der Waals surface area contributed by atoms with Crippen molar-refractivity contribution in [3.8, 4) is 0 Å². The third-order valence-corrected chi connectivity index (χ3v) is 7.79. The lowest BCUT2D eigenvalue weighted by Gasteiger charge is -2.00. The summed E-state index contributed by atoms with van der Waals surface area (Å²) in [6.07, 6.45) is 0. The molecule has 0 unspecified atom stereocenters. The smallest absolute Gasteiger partial charge is 0.123 e. The van der Waals surface area contributed by atoms with Crippen molar-refractivity contribution in [2.75, 3.05) is 12.4 Å². The Hall–Kier alpha value is 0.510. The van der Waals surface area contributed by atoms with E-state index < -0.39 is 0 Å². The second-order valence-electron chi connectivity index (χ2n) is 2.57. The molecule has 1 aromatic rings. The van der Waals surface area contributed by atoms with Crippen LogP contribution in [0.15, 0.2) is 24.3 Å². The average molecular weight is 282 g/mol. The van der Waals surface area contributed by atoms with Gasteiger partial charge in [-0.1, -0.05) is 33.7 Å². The minimum Gasteiger partial charge on any atom is -0.395 e. The maximum atomic E-state index is 12.8. The highest BCUT2D eigenvalue weighted by atomic mass is 33.7. The molecule has 1 aromatic carbocycles. The molecule has 0 bridgehead atoms.